The number of rotatable bonds is 7. The third-order valence-corrected chi connectivity index (χ3v) is 9.34. The zero-order valence-corrected chi connectivity index (χ0v) is 22.8. The summed E-state index contributed by atoms with van der Waals surface area (Å²) in [6.45, 7) is 0. The van der Waals surface area contributed by atoms with Gasteiger partial charge in [-0.3, -0.25) is 19.8 Å². The minimum Gasteiger partial charge on any atom is -0.495 e. The zero-order valence-electron chi connectivity index (χ0n) is 21.2. The number of nitro benzene ring substituents is 1. The highest BCUT2D eigenvalue weighted by Gasteiger charge is 2.59. The SMILES string of the molecule is COC(=O)N(C)C1(CC2CCCCC2)C(=O)N(S(=O)(=O)c2ccc([N+](=O)[O-])cc2OC)c2ccc(Cl)cc21. The van der Waals surface area contributed by atoms with Crippen LogP contribution in [0.1, 0.15) is 44.1 Å². The summed E-state index contributed by atoms with van der Waals surface area (Å²) in [6, 6.07) is 7.40. The van der Waals surface area contributed by atoms with Crippen LogP contribution in [0.25, 0.3) is 0 Å². The topological polar surface area (TPSA) is 136 Å². The number of non-ortho nitro benzene ring substituents is 1. The summed E-state index contributed by atoms with van der Waals surface area (Å²) in [5.74, 6) is -1.12. The number of amides is 2. The Kier molecular flexibility index (Phi) is 7.57. The average molecular weight is 566 g/mol. The van der Waals surface area contributed by atoms with Gasteiger partial charge in [0.25, 0.3) is 21.6 Å². The molecular formula is C25H28ClN3O8S. The Morgan fingerprint density at radius 1 is 1.18 bits per heavy atom. The molecular weight excluding hydrogens is 538 g/mol. The van der Waals surface area contributed by atoms with Gasteiger partial charge in [0.1, 0.15) is 10.6 Å². The molecule has 0 saturated heterocycles. The molecule has 1 fully saturated rings. The molecule has 0 radical (unpaired) electrons. The van der Waals surface area contributed by atoms with E-state index in [-0.39, 0.29) is 40.0 Å². The highest BCUT2D eigenvalue weighted by atomic mass is 35.5. The molecule has 1 atom stereocenters. The number of ether oxygens (including phenoxy) is 2. The number of methoxy groups -OCH3 is 2. The van der Waals surface area contributed by atoms with E-state index < -0.39 is 37.4 Å². The van der Waals surface area contributed by atoms with Crippen LogP contribution < -0.4 is 9.04 Å². The lowest BCUT2D eigenvalue weighted by molar-refractivity contribution is -0.385. The van der Waals surface area contributed by atoms with Crippen molar-refractivity contribution in [2.24, 2.45) is 5.92 Å². The van der Waals surface area contributed by atoms with Gasteiger partial charge in [-0.05, 0) is 36.6 Å². The maximum Gasteiger partial charge on any atom is 0.410 e. The summed E-state index contributed by atoms with van der Waals surface area (Å²) < 4.78 is 38.9. The molecule has 1 aliphatic carbocycles. The molecule has 0 aromatic heterocycles. The monoisotopic (exact) mass is 565 g/mol. The van der Waals surface area contributed by atoms with E-state index in [1.54, 1.807) is 0 Å². The number of carbonyl (C=O) groups is 2. The van der Waals surface area contributed by atoms with Gasteiger partial charge < -0.3 is 9.47 Å². The van der Waals surface area contributed by atoms with E-state index in [0.717, 1.165) is 55.2 Å². The largest absolute Gasteiger partial charge is 0.495 e. The number of benzene rings is 2. The fraction of sp³-hybridized carbons (Fsp3) is 0.440. The Labute approximate surface area is 225 Å². The summed E-state index contributed by atoms with van der Waals surface area (Å²) >= 11 is 6.34. The standard InChI is InChI=1S/C25H28ClN3O8S/c1-27(24(31)37-3)25(15-16-7-5-4-6-8-16)19-13-17(26)9-11-20(19)28(23(25)30)38(34,35)22-12-10-18(29(32)33)14-21(22)36-2/h9-14,16H,4-8,15H2,1-3H3. The Balaban J connectivity index is 1.95. The second kappa shape index (κ2) is 10.4. The quantitative estimate of drug-likeness (QED) is 0.343. The molecule has 38 heavy (non-hydrogen) atoms. The zero-order chi connectivity index (χ0) is 27.8. The molecule has 13 heteroatoms. The normalized spacial score (nSPS) is 19.7. The van der Waals surface area contributed by atoms with Crippen molar-refractivity contribution in [2.45, 2.75) is 49.0 Å². The fourth-order valence-electron chi connectivity index (χ4n) is 5.49. The number of fused-ring (bicyclic) bond motifs is 1. The van der Waals surface area contributed by atoms with Crippen LogP contribution in [0.5, 0.6) is 5.75 Å². The molecule has 0 N–H and O–H groups in total. The second-order valence-electron chi connectivity index (χ2n) is 9.43. The van der Waals surface area contributed by atoms with Crippen molar-refractivity contribution in [3.63, 3.8) is 0 Å². The number of hydrogen-bond donors (Lipinski definition) is 0. The first-order chi connectivity index (χ1) is 18.0. The summed E-state index contributed by atoms with van der Waals surface area (Å²) in [6.07, 6.45) is 3.99. The molecule has 1 unspecified atom stereocenters. The summed E-state index contributed by atoms with van der Waals surface area (Å²) in [4.78, 5) is 38.6. The lowest BCUT2D eigenvalue weighted by Gasteiger charge is -2.40. The van der Waals surface area contributed by atoms with E-state index in [1.165, 1.54) is 39.5 Å². The molecule has 1 heterocycles. The van der Waals surface area contributed by atoms with Crippen molar-refractivity contribution in [3.05, 3.63) is 57.1 Å². The molecule has 1 saturated carbocycles. The van der Waals surface area contributed by atoms with Crippen LogP contribution in [-0.4, -0.2) is 51.5 Å². The molecule has 1 aliphatic heterocycles. The van der Waals surface area contributed by atoms with Crippen LogP contribution in [-0.2, 0) is 25.1 Å². The third kappa shape index (κ3) is 4.45. The van der Waals surface area contributed by atoms with Gasteiger partial charge >= 0.3 is 6.09 Å². The van der Waals surface area contributed by atoms with Gasteiger partial charge in [-0.15, -0.1) is 0 Å². The molecule has 4 rings (SSSR count). The Morgan fingerprint density at radius 2 is 1.87 bits per heavy atom. The van der Waals surface area contributed by atoms with Crippen LogP contribution in [0.15, 0.2) is 41.3 Å². The summed E-state index contributed by atoms with van der Waals surface area (Å²) in [7, 11) is -0.901. The summed E-state index contributed by atoms with van der Waals surface area (Å²) in [5, 5.41) is 11.5. The van der Waals surface area contributed by atoms with Gasteiger partial charge in [0.05, 0.1) is 30.9 Å². The van der Waals surface area contributed by atoms with Gasteiger partial charge in [0.15, 0.2) is 5.54 Å². The first kappa shape index (κ1) is 27.6. The van der Waals surface area contributed by atoms with Crippen LogP contribution in [0.3, 0.4) is 0 Å². The van der Waals surface area contributed by atoms with Crippen molar-refractivity contribution in [1.82, 2.24) is 4.90 Å². The summed E-state index contributed by atoms with van der Waals surface area (Å²) in [5.41, 5.74) is -1.79. The first-order valence-electron chi connectivity index (χ1n) is 12.0. The van der Waals surface area contributed by atoms with Crippen LogP contribution in [0, 0.1) is 16.0 Å². The number of anilines is 1. The van der Waals surface area contributed by atoms with Gasteiger partial charge in [-0.2, -0.15) is 4.31 Å². The van der Waals surface area contributed by atoms with E-state index in [0.29, 0.717) is 4.31 Å². The minimum atomic E-state index is -4.66. The number of likely N-dealkylation sites (N-methyl/N-ethyl adjacent to an activating group) is 1. The van der Waals surface area contributed by atoms with Gasteiger partial charge in [-0.1, -0.05) is 43.7 Å². The van der Waals surface area contributed by atoms with E-state index in [2.05, 4.69) is 0 Å². The average Bonchev–Trinajstić information content (AvgIpc) is 3.15. The van der Waals surface area contributed by atoms with Crippen LogP contribution in [0.2, 0.25) is 5.02 Å². The number of nitrogens with zero attached hydrogens (tertiary/aromatic N) is 3. The molecule has 2 aliphatic rings. The van der Waals surface area contributed by atoms with Gasteiger partial charge in [0, 0.05) is 23.7 Å². The molecule has 11 nitrogen and oxygen atoms in total. The Bertz CT molecular complexity index is 1390. The lowest BCUT2D eigenvalue weighted by atomic mass is 9.76. The molecule has 2 amide bonds. The third-order valence-electron chi connectivity index (χ3n) is 7.37. The molecule has 2 aromatic carbocycles. The fourth-order valence-corrected chi connectivity index (χ4v) is 7.28. The minimum absolute atomic E-state index is 0.0337. The molecule has 2 aromatic rings. The van der Waals surface area contributed by atoms with Crippen LogP contribution in [0.4, 0.5) is 16.2 Å². The van der Waals surface area contributed by atoms with Crippen molar-refractivity contribution >= 4 is 45.0 Å². The predicted octanol–water partition coefficient (Wildman–Crippen LogP) is 4.86. The van der Waals surface area contributed by atoms with E-state index in [4.69, 9.17) is 21.1 Å². The van der Waals surface area contributed by atoms with Crippen molar-refractivity contribution in [3.8, 4) is 5.75 Å². The van der Waals surface area contributed by atoms with Gasteiger partial charge in [-0.25, -0.2) is 13.2 Å². The smallest absolute Gasteiger partial charge is 0.410 e. The van der Waals surface area contributed by atoms with Gasteiger partial charge in [0.2, 0.25) is 0 Å². The number of nitro groups is 1. The number of hydrogen-bond acceptors (Lipinski definition) is 8. The Morgan fingerprint density at radius 3 is 2.47 bits per heavy atom. The van der Waals surface area contributed by atoms with Crippen molar-refractivity contribution < 1.29 is 32.4 Å². The van der Waals surface area contributed by atoms with E-state index >= 15 is 0 Å². The van der Waals surface area contributed by atoms with Crippen molar-refractivity contribution in [2.75, 3.05) is 25.6 Å². The first-order valence-corrected chi connectivity index (χ1v) is 13.8. The molecule has 0 bridgehead atoms. The van der Waals surface area contributed by atoms with Crippen molar-refractivity contribution in [1.29, 1.82) is 0 Å². The number of halogens is 1. The predicted molar refractivity (Wildman–Crippen MR) is 139 cm³/mol. The lowest BCUT2D eigenvalue weighted by Crippen LogP contribution is -2.55. The highest BCUT2D eigenvalue weighted by molar-refractivity contribution is 7.93. The number of carbonyl (C=O) groups excluding carboxylic acids is 2. The molecule has 0 spiro atoms. The maximum atomic E-state index is 14.4. The second-order valence-corrected chi connectivity index (χ2v) is 11.6. The van der Waals surface area contributed by atoms with E-state index in [9.17, 15) is 28.1 Å². The number of sulfonamides is 1. The highest BCUT2D eigenvalue weighted by Crippen LogP contribution is 2.52. The van der Waals surface area contributed by atoms with Crippen LogP contribution >= 0.6 is 11.6 Å². The van der Waals surface area contributed by atoms with E-state index in [1.807, 2.05) is 0 Å². The maximum absolute atomic E-state index is 14.4. The Hall–Kier alpha value is -3.38. The molecule has 204 valence electrons.